The van der Waals surface area contributed by atoms with E-state index in [2.05, 4.69) is 21.7 Å². The van der Waals surface area contributed by atoms with E-state index in [0.29, 0.717) is 5.82 Å². The Morgan fingerprint density at radius 3 is 3.15 bits per heavy atom. The standard InChI is InChI=1S/C13H12ClN3O2S/c14-10-6-8(17(18)19)7-15-13(10)16-11-2-1-3-12-9(11)4-5-20-12/h4-7,11H,1-3H2,(H,15,16). The van der Waals surface area contributed by atoms with Crippen LogP contribution in [0, 0.1) is 10.1 Å². The summed E-state index contributed by atoms with van der Waals surface area (Å²) in [6.07, 6.45) is 4.48. The molecule has 1 N–H and O–H groups in total. The maximum Gasteiger partial charge on any atom is 0.289 e. The maximum absolute atomic E-state index is 10.7. The van der Waals surface area contributed by atoms with Crippen molar-refractivity contribution in [2.24, 2.45) is 0 Å². The Labute approximate surface area is 124 Å². The Morgan fingerprint density at radius 2 is 2.40 bits per heavy atom. The molecule has 5 nitrogen and oxygen atoms in total. The van der Waals surface area contributed by atoms with Crippen LogP contribution < -0.4 is 5.32 Å². The first kappa shape index (κ1) is 13.3. The smallest absolute Gasteiger partial charge is 0.289 e. The van der Waals surface area contributed by atoms with Crippen LogP contribution in [-0.2, 0) is 6.42 Å². The number of anilines is 1. The van der Waals surface area contributed by atoms with Crippen molar-refractivity contribution in [3.8, 4) is 0 Å². The molecular formula is C13H12ClN3O2S. The van der Waals surface area contributed by atoms with Crippen molar-refractivity contribution < 1.29 is 4.92 Å². The molecule has 0 radical (unpaired) electrons. The number of aromatic nitrogens is 1. The van der Waals surface area contributed by atoms with Crippen molar-refractivity contribution in [1.82, 2.24) is 4.98 Å². The third-order valence-electron chi connectivity index (χ3n) is 3.40. The van der Waals surface area contributed by atoms with Crippen molar-refractivity contribution in [3.05, 3.63) is 49.3 Å². The molecule has 0 aromatic carbocycles. The van der Waals surface area contributed by atoms with E-state index in [-0.39, 0.29) is 16.8 Å². The molecule has 20 heavy (non-hydrogen) atoms. The molecule has 1 atom stereocenters. The van der Waals surface area contributed by atoms with Gasteiger partial charge in [0, 0.05) is 10.9 Å². The third kappa shape index (κ3) is 2.48. The van der Waals surface area contributed by atoms with Gasteiger partial charge in [-0.3, -0.25) is 10.1 Å². The first-order chi connectivity index (χ1) is 9.65. The highest BCUT2D eigenvalue weighted by molar-refractivity contribution is 7.10. The van der Waals surface area contributed by atoms with Gasteiger partial charge in [0.15, 0.2) is 0 Å². The highest BCUT2D eigenvalue weighted by atomic mass is 35.5. The maximum atomic E-state index is 10.7. The monoisotopic (exact) mass is 309 g/mol. The first-order valence-corrected chi connectivity index (χ1v) is 7.53. The number of rotatable bonds is 3. The molecule has 3 rings (SSSR count). The van der Waals surface area contributed by atoms with Crippen LogP contribution >= 0.6 is 22.9 Å². The van der Waals surface area contributed by atoms with Gasteiger partial charge in [-0.15, -0.1) is 11.3 Å². The summed E-state index contributed by atoms with van der Waals surface area (Å²) in [5, 5.41) is 16.3. The van der Waals surface area contributed by atoms with Crippen LogP contribution in [0.3, 0.4) is 0 Å². The average Bonchev–Trinajstić information content (AvgIpc) is 2.90. The minimum absolute atomic E-state index is 0.0968. The predicted molar refractivity (Wildman–Crippen MR) is 79.5 cm³/mol. The molecule has 0 bridgehead atoms. The summed E-state index contributed by atoms with van der Waals surface area (Å²) in [5.74, 6) is 0.501. The minimum atomic E-state index is -0.500. The zero-order valence-electron chi connectivity index (χ0n) is 10.5. The fourth-order valence-electron chi connectivity index (χ4n) is 2.44. The second-order valence-electron chi connectivity index (χ2n) is 4.67. The summed E-state index contributed by atoms with van der Waals surface area (Å²) in [6, 6.07) is 3.63. The van der Waals surface area contributed by atoms with Crippen LogP contribution in [0.4, 0.5) is 11.5 Å². The largest absolute Gasteiger partial charge is 0.362 e. The quantitative estimate of drug-likeness (QED) is 0.681. The molecule has 0 saturated heterocycles. The van der Waals surface area contributed by atoms with Crippen molar-refractivity contribution in [2.75, 3.05) is 5.32 Å². The van der Waals surface area contributed by atoms with Crippen molar-refractivity contribution in [1.29, 1.82) is 0 Å². The summed E-state index contributed by atoms with van der Waals surface area (Å²) < 4.78 is 0. The summed E-state index contributed by atoms with van der Waals surface area (Å²) in [4.78, 5) is 15.6. The van der Waals surface area contributed by atoms with Crippen LogP contribution in [-0.4, -0.2) is 9.91 Å². The number of nitro groups is 1. The van der Waals surface area contributed by atoms with Crippen molar-refractivity contribution >= 4 is 34.4 Å². The first-order valence-electron chi connectivity index (χ1n) is 6.28. The van der Waals surface area contributed by atoms with Crippen LogP contribution in [0.25, 0.3) is 0 Å². The summed E-state index contributed by atoms with van der Waals surface area (Å²) in [7, 11) is 0. The molecule has 0 saturated carbocycles. The van der Waals surface area contributed by atoms with Crippen molar-refractivity contribution in [2.45, 2.75) is 25.3 Å². The lowest BCUT2D eigenvalue weighted by Crippen LogP contribution is -2.16. The number of hydrogen-bond acceptors (Lipinski definition) is 5. The summed E-state index contributed by atoms with van der Waals surface area (Å²) in [5.41, 5.74) is 1.19. The van der Waals surface area contributed by atoms with Crippen LogP contribution in [0.5, 0.6) is 0 Å². The number of halogens is 1. The fourth-order valence-corrected chi connectivity index (χ4v) is 3.64. The topological polar surface area (TPSA) is 68.1 Å². The molecule has 0 amide bonds. The van der Waals surface area contributed by atoms with Gasteiger partial charge in [0.25, 0.3) is 5.69 Å². The average molecular weight is 310 g/mol. The zero-order chi connectivity index (χ0) is 14.1. The van der Waals surface area contributed by atoms with Crippen molar-refractivity contribution in [3.63, 3.8) is 0 Å². The van der Waals surface area contributed by atoms with Gasteiger partial charge in [0.2, 0.25) is 0 Å². The molecule has 0 aliphatic heterocycles. The molecule has 1 aliphatic rings. The molecule has 7 heteroatoms. The van der Waals surface area contributed by atoms with Gasteiger partial charge in [-0.1, -0.05) is 11.6 Å². The van der Waals surface area contributed by atoms with E-state index in [1.54, 1.807) is 11.3 Å². The Morgan fingerprint density at radius 1 is 1.55 bits per heavy atom. The number of fused-ring (bicyclic) bond motifs is 1. The Kier molecular flexibility index (Phi) is 3.58. The van der Waals surface area contributed by atoms with Gasteiger partial charge >= 0.3 is 0 Å². The lowest BCUT2D eigenvalue weighted by molar-refractivity contribution is -0.385. The Bertz CT molecular complexity index is 659. The minimum Gasteiger partial charge on any atom is -0.362 e. The van der Waals surface area contributed by atoms with Crippen LogP contribution in [0.15, 0.2) is 23.7 Å². The third-order valence-corrected chi connectivity index (χ3v) is 4.69. The van der Waals surface area contributed by atoms with E-state index in [0.717, 1.165) is 19.3 Å². The van der Waals surface area contributed by atoms with E-state index in [4.69, 9.17) is 11.6 Å². The summed E-state index contributed by atoms with van der Waals surface area (Å²) >= 11 is 7.83. The number of nitrogens with zero attached hydrogens (tertiary/aromatic N) is 2. The SMILES string of the molecule is O=[N+]([O-])c1cnc(NC2CCCc3sccc32)c(Cl)c1. The summed E-state index contributed by atoms with van der Waals surface area (Å²) in [6.45, 7) is 0. The van der Waals surface area contributed by atoms with Gasteiger partial charge in [0.05, 0.1) is 16.0 Å². The van der Waals surface area contributed by atoms with E-state index >= 15 is 0 Å². The van der Waals surface area contributed by atoms with Gasteiger partial charge < -0.3 is 5.32 Å². The predicted octanol–water partition coefficient (Wildman–Crippen LogP) is 4.19. The second-order valence-corrected chi connectivity index (χ2v) is 6.08. The van der Waals surface area contributed by atoms with E-state index < -0.39 is 4.92 Å². The lowest BCUT2D eigenvalue weighted by Gasteiger charge is -2.24. The van der Waals surface area contributed by atoms with Crippen LogP contribution in [0.1, 0.15) is 29.3 Å². The fraction of sp³-hybridized carbons (Fsp3) is 0.308. The number of nitrogens with one attached hydrogen (secondary N) is 1. The molecule has 1 unspecified atom stereocenters. The molecular weight excluding hydrogens is 298 g/mol. The lowest BCUT2D eigenvalue weighted by atomic mass is 9.94. The number of hydrogen-bond donors (Lipinski definition) is 1. The molecule has 104 valence electrons. The van der Waals surface area contributed by atoms with Gasteiger partial charge in [0.1, 0.15) is 12.0 Å². The van der Waals surface area contributed by atoms with Gasteiger partial charge in [-0.25, -0.2) is 4.98 Å². The molecule has 0 fully saturated rings. The van der Waals surface area contributed by atoms with Crippen LogP contribution in [0.2, 0.25) is 5.02 Å². The van der Waals surface area contributed by atoms with Gasteiger partial charge in [-0.2, -0.15) is 0 Å². The Balaban J connectivity index is 1.84. The number of aryl methyl sites for hydroxylation is 1. The molecule has 2 aromatic rings. The highest BCUT2D eigenvalue weighted by Gasteiger charge is 2.22. The molecule has 0 spiro atoms. The van der Waals surface area contributed by atoms with Gasteiger partial charge in [-0.05, 0) is 36.3 Å². The van der Waals surface area contributed by atoms with E-state index in [1.807, 2.05) is 0 Å². The molecule has 1 aliphatic carbocycles. The van der Waals surface area contributed by atoms with E-state index in [1.165, 1.54) is 22.7 Å². The second kappa shape index (κ2) is 5.38. The molecule has 2 heterocycles. The number of pyridine rings is 1. The zero-order valence-corrected chi connectivity index (χ0v) is 12.1. The number of thiophene rings is 1. The molecule has 2 aromatic heterocycles. The normalized spacial score (nSPS) is 17.6. The highest BCUT2D eigenvalue weighted by Crippen LogP contribution is 2.36. The Hall–Kier alpha value is -1.66. The van der Waals surface area contributed by atoms with E-state index in [9.17, 15) is 10.1 Å².